The molecule has 0 atom stereocenters. The molecular weight excluding hydrogens is 1630 g/mol. The van der Waals surface area contributed by atoms with Crippen LogP contribution in [0.25, 0.3) is 0 Å². The molecule has 1 aliphatic carbocycles. The van der Waals surface area contributed by atoms with Gasteiger partial charge in [0.25, 0.3) is 0 Å². The zero-order valence-corrected chi connectivity index (χ0v) is 85.9. The van der Waals surface area contributed by atoms with Crippen LogP contribution in [0.2, 0.25) is 0 Å². The number of benzene rings is 4. The monoisotopic (exact) mass is 1830 g/mol. The number of esters is 3. The first-order valence-corrected chi connectivity index (χ1v) is 56.2. The van der Waals surface area contributed by atoms with Gasteiger partial charge in [0.15, 0.2) is 0 Å². The molecule has 11 heteroatoms. The minimum absolute atomic E-state index is 0.0771. The van der Waals surface area contributed by atoms with Gasteiger partial charge < -0.3 is 38.3 Å². The number of aliphatic hydroxyl groups excluding tert-OH is 1. The van der Waals surface area contributed by atoms with Crippen molar-refractivity contribution in [3.8, 4) is 23.0 Å². The molecule has 1 N–H and O–H groups in total. The van der Waals surface area contributed by atoms with E-state index < -0.39 is 17.9 Å². The molecule has 132 heavy (non-hydrogen) atoms. The van der Waals surface area contributed by atoms with Crippen LogP contribution in [0.4, 0.5) is 0 Å². The minimum Gasteiger partial charge on any atom is -0.493 e. The standard InChI is InChI=1S/C121H198O11/c1-8-15-19-23-27-31-35-39-43-47-51-55-59-63-67-71-84-129-118-107-91-103(79-75-83-122)92-108(118)100-110-94-105(81-77-89-127-116(124)13-6)96-112(120(110)131-86-73-69-65-61-57-53-49-45-41-37-33-29-25-21-17-10-3)102-114-98-106(82-78-90-128-117(125)14-7)97-113(121(114)132-87-74-70-66-62-58-54-50-46-42-38-34-30-26-22-18-11-4)101-111-95-104(80-76-88-126-115(123)12-5)93-109(99-107)119(111)130-85-72-68-64-60-56-52-48-44-40-36-32-28-24-20-16-9-2/h12-14,91-98,122H,5-11,15-90,99-102H2,1-4H3. The average molecular weight is 1830 g/mol. The van der Waals surface area contributed by atoms with Crippen LogP contribution in [0.1, 0.15) is 531 Å². The summed E-state index contributed by atoms with van der Waals surface area (Å²) >= 11 is 0. The topological polar surface area (TPSA) is 136 Å². The van der Waals surface area contributed by atoms with E-state index in [9.17, 15) is 19.5 Å². The summed E-state index contributed by atoms with van der Waals surface area (Å²) in [6, 6.07) is 19.0. The summed E-state index contributed by atoms with van der Waals surface area (Å²) in [6.45, 7) is 23.5. The van der Waals surface area contributed by atoms with Crippen molar-refractivity contribution in [1.29, 1.82) is 0 Å². The zero-order chi connectivity index (χ0) is 94.1. The van der Waals surface area contributed by atoms with Gasteiger partial charge in [0.1, 0.15) is 23.0 Å². The highest BCUT2D eigenvalue weighted by Gasteiger charge is 2.26. The van der Waals surface area contributed by atoms with Gasteiger partial charge in [0, 0.05) is 50.5 Å². The van der Waals surface area contributed by atoms with Crippen molar-refractivity contribution in [2.45, 2.75) is 516 Å². The van der Waals surface area contributed by atoms with Crippen LogP contribution >= 0.6 is 0 Å². The predicted octanol–water partition coefficient (Wildman–Crippen LogP) is 34.8. The fraction of sp³-hybridized carbons (Fsp3) is 0.727. The third kappa shape index (κ3) is 57.0. The van der Waals surface area contributed by atoms with Crippen LogP contribution in [-0.2, 0) is 80.0 Å². The largest absolute Gasteiger partial charge is 0.493 e. The van der Waals surface area contributed by atoms with Gasteiger partial charge >= 0.3 is 17.9 Å². The molecule has 0 amide bonds. The molecule has 5 rings (SSSR count). The molecule has 8 bridgehead atoms. The second-order valence-corrected chi connectivity index (χ2v) is 39.5. The molecule has 0 heterocycles. The molecule has 1 aliphatic rings. The van der Waals surface area contributed by atoms with Crippen LogP contribution in [0.5, 0.6) is 23.0 Å². The van der Waals surface area contributed by atoms with E-state index in [0.29, 0.717) is 103 Å². The molecule has 4 aromatic carbocycles. The minimum atomic E-state index is -0.424. The van der Waals surface area contributed by atoms with E-state index in [2.05, 4.69) is 96.0 Å². The number of aryl methyl sites for hydroxylation is 4. The Morgan fingerprint density at radius 2 is 0.364 bits per heavy atom. The summed E-state index contributed by atoms with van der Waals surface area (Å²) in [4.78, 5) is 38.0. The van der Waals surface area contributed by atoms with Gasteiger partial charge in [0.2, 0.25) is 0 Å². The van der Waals surface area contributed by atoms with Crippen molar-refractivity contribution in [3.63, 3.8) is 0 Å². The third-order valence-electron chi connectivity index (χ3n) is 27.4. The van der Waals surface area contributed by atoms with Gasteiger partial charge in [-0.3, -0.25) is 0 Å². The fourth-order valence-corrected chi connectivity index (χ4v) is 19.6. The fourth-order valence-electron chi connectivity index (χ4n) is 19.6. The second-order valence-electron chi connectivity index (χ2n) is 39.5. The first-order valence-electron chi connectivity index (χ1n) is 56.2. The highest BCUT2D eigenvalue weighted by Crippen LogP contribution is 2.43. The van der Waals surface area contributed by atoms with E-state index in [1.54, 1.807) is 0 Å². The number of fused-ring (bicyclic) bond motifs is 8. The first kappa shape index (κ1) is 116. The van der Waals surface area contributed by atoms with E-state index in [1.807, 2.05) is 0 Å². The van der Waals surface area contributed by atoms with Crippen LogP contribution in [0, 0.1) is 0 Å². The Balaban J connectivity index is 1.67. The number of aliphatic hydroxyl groups is 1. The summed E-state index contributed by atoms with van der Waals surface area (Å²) in [5.41, 5.74) is 13.3. The van der Waals surface area contributed by atoms with Gasteiger partial charge in [-0.1, -0.05) is 481 Å². The maximum atomic E-state index is 12.7. The van der Waals surface area contributed by atoms with E-state index in [0.717, 1.165) is 141 Å². The van der Waals surface area contributed by atoms with E-state index in [1.165, 1.54) is 378 Å². The third-order valence-corrected chi connectivity index (χ3v) is 27.4. The number of unbranched alkanes of at least 4 members (excludes halogenated alkanes) is 60. The number of carbonyl (C=O) groups excluding carboxylic acids is 3. The molecule has 0 aromatic heterocycles. The molecule has 0 unspecified atom stereocenters. The van der Waals surface area contributed by atoms with E-state index in [-0.39, 0.29) is 26.4 Å². The molecule has 0 spiro atoms. The van der Waals surface area contributed by atoms with E-state index >= 15 is 0 Å². The lowest BCUT2D eigenvalue weighted by atomic mass is 9.87. The van der Waals surface area contributed by atoms with Crippen LogP contribution in [0.15, 0.2) is 86.5 Å². The summed E-state index contributed by atoms with van der Waals surface area (Å²) in [6.07, 6.45) is 93.9. The van der Waals surface area contributed by atoms with Crippen LogP contribution < -0.4 is 18.9 Å². The SMILES string of the molecule is C=CC(=O)OCCCc1cc2c(OCCCCCCCCCCCCCCCCCC)c(c1)Cc1cc(CCCOC(=O)C=C)cc(c1OCCCCCCCCCCCCCCCCCC)Cc1cc(CCCOC(=O)C=C)cc(c1OCCCCCCCCCCCCCCCCCC)Cc1cc(CCCO)cc(c1OCCCCCCCCCCCCCCCCCC)C2. The van der Waals surface area contributed by atoms with Crippen LogP contribution in [0.3, 0.4) is 0 Å². The van der Waals surface area contributed by atoms with Crippen molar-refractivity contribution in [3.05, 3.63) is 153 Å². The van der Waals surface area contributed by atoms with Crippen molar-refractivity contribution < 1.29 is 52.6 Å². The number of rotatable bonds is 90. The summed E-state index contributed by atoms with van der Waals surface area (Å²) in [7, 11) is 0. The smallest absolute Gasteiger partial charge is 0.330 e. The van der Waals surface area contributed by atoms with Gasteiger partial charge in [0.05, 0.1) is 46.2 Å². The van der Waals surface area contributed by atoms with Crippen molar-refractivity contribution in [1.82, 2.24) is 0 Å². The Labute approximate surface area is 810 Å². The molecule has 0 aliphatic heterocycles. The highest BCUT2D eigenvalue weighted by molar-refractivity contribution is 5.82. The Bertz CT molecular complexity index is 3380. The van der Waals surface area contributed by atoms with Gasteiger partial charge in [-0.25, -0.2) is 14.4 Å². The Hall–Kier alpha value is -6.33. The lowest BCUT2D eigenvalue weighted by Crippen LogP contribution is -2.12. The zero-order valence-electron chi connectivity index (χ0n) is 85.9. The van der Waals surface area contributed by atoms with Crippen molar-refractivity contribution in [2.24, 2.45) is 0 Å². The summed E-state index contributed by atoms with van der Waals surface area (Å²) < 4.78 is 47.3. The molecule has 11 nitrogen and oxygen atoms in total. The van der Waals surface area contributed by atoms with Crippen molar-refractivity contribution >= 4 is 17.9 Å². The second kappa shape index (κ2) is 81.8. The maximum absolute atomic E-state index is 12.7. The Kier molecular flexibility index (Phi) is 72.0. The average Bonchev–Trinajstić information content (AvgIpc) is 0.755. The van der Waals surface area contributed by atoms with Gasteiger partial charge in [-0.05, 0) is 144 Å². The molecule has 0 saturated heterocycles. The van der Waals surface area contributed by atoms with E-state index in [4.69, 9.17) is 33.2 Å². The van der Waals surface area contributed by atoms with Gasteiger partial charge in [-0.2, -0.15) is 0 Å². The predicted molar refractivity (Wildman–Crippen MR) is 561 cm³/mol. The summed E-state index contributed by atoms with van der Waals surface area (Å²) in [5, 5.41) is 10.7. The number of ether oxygens (including phenoxy) is 7. The number of carbonyl (C=O) groups is 3. The quantitative estimate of drug-likeness (QED) is 0.0172. The molecule has 748 valence electrons. The molecule has 0 saturated carbocycles. The molecule has 4 aromatic rings. The Morgan fingerprint density at radius 1 is 0.220 bits per heavy atom. The molecular formula is C121H198O11. The first-order chi connectivity index (χ1) is 65.1. The maximum Gasteiger partial charge on any atom is 0.330 e. The number of hydrogen-bond donors (Lipinski definition) is 1. The molecule has 0 fully saturated rings. The van der Waals surface area contributed by atoms with Gasteiger partial charge in [-0.15, -0.1) is 0 Å². The van der Waals surface area contributed by atoms with Crippen LogP contribution in [-0.4, -0.2) is 75.9 Å². The molecule has 0 radical (unpaired) electrons. The summed E-state index contributed by atoms with van der Waals surface area (Å²) in [5.74, 6) is 2.35. The number of hydrogen-bond acceptors (Lipinski definition) is 11. The lowest BCUT2D eigenvalue weighted by Gasteiger charge is -2.25. The van der Waals surface area contributed by atoms with Crippen molar-refractivity contribution in [2.75, 3.05) is 52.9 Å². The normalized spacial score (nSPS) is 11.9. The highest BCUT2D eigenvalue weighted by atomic mass is 16.5. The lowest BCUT2D eigenvalue weighted by molar-refractivity contribution is -0.138. The Morgan fingerprint density at radius 3 is 0.508 bits per heavy atom.